The standard InChI is InChI=1S/C23H25N3O5/c1-3-4-12-30-19-9-7-17(8-10-19)23(29)24-14-21(28)31-15-18-13-20(27)26-11-5-6-16(2)22(26)25-18/h5-11,13H,3-4,12,14-15H2,1-2H3,(H,24,29). The van der Waals surface area contributed by atoms with Crippen molar-refractivity contribution in [1.82, 2.24) is 14.7 Å². The molecule has 0 saturated carbocycles. The molecule has 1 amide bonds. The molecule has 3 aromatic rings. The summed E-state index contributed by atoms with van der Waals surface area (Å²) in [6.45, 7) is 4.11. The zero-order chi connectivity index (χ0) is 22.2. The molecule has 2 heterocycles. The van der Waals surface area contributed by atoms with Crippen LogP contribution < -0.4 is 15.6 Å². The van der Waals surface area contributed by atoms with Crippen LogP contribution in [-0.4, -0.2) is 34.4 Å². The van der Waals surface area contributed by atoms with Gasteiger partial charge in [-0.25, -0.2) is 4.98 Å². The Morgan fingerprint density at radius 2 is 1.94 bits per heavy atom. The smallest absolute Gasteiger partial charge is 0.325 e. The lowest BCUT2D eigenvalue weighted by molar-refractivity contribution is -0.143. The van der Waals surface area contributed by atoms with Gasteiger partial charge >= 0.3 is 5.97 Å². The molecule has 8 heteroatoms. The van der Waals surface area contributed by atoms with Gasteiger partial charge < -0.3 is 14.8 Å². The number of rotatable bonds is 9. The number of hydrogen-bond donors (Lipinski definition) is 1. The molecule has 0 saturated heterocycles. The number of carbonyl (C=O) groups excluding carboxylic acids is 2. The molecule has 0 unspecified atom stereocenters. The van der Waals surface area contributed by atoms with Gasteiger partial charge in [-0.05, 0) is 49.2 Å². The Labute approximate surface area is 179 Å². The monoisotopic (exact) mass is 423 g/mol. The van der Waals surface area contributed by atoms with E-state index in [0.29, 0.717) is 29.3 Å². The van der Waals surface area contributed by atoms with Gasteiger partial charge in [-0.15, -0.1) is 0 Å². The van der Waals surface area contributed by atoms with E-state index in [-0.39, 0.29) is 18.7 Å². The number of aryl methyl sites for hydroxylation is 1. The summed E-state index contributed by atoms with van der Waals surface area (Å²) < 4.78 is 12.1. The Balaban J connectivity index is 1.50. The Hall–Kier alpha value is -3.68. The largest absolute Gasteiger partial charge is 0.494 e. The summed E-state index contributed by atoms with van der Waals surface area (Å²) in [6.07, 6.45) is 3.64. The number of nitrogens with one attached hydrogen (secondary N) is 1. The first kappa shape index (κ1) is 22.0. The normalized spacial score (nSPS) is 10.6. The van der Waals surface area contributed by atoms with Crippen LogP contribution in [0.5, 0.6) is 5.75 Å². The van der Waals surface area contributed by atoms with Crippen molar-refractivity contribution in [3.05, 3.63) is 75.8 Å². The molecule has 3 rings (SSSR count). The molecule has 31 heavy (non-hydrogen) atoms. The van der Waals surface area contributed by atoms with E-state index in [9.17, 15) is 14.4 Å². The Kier molecular flexibility index (Phi) is 7.37. The molecule has 0 aliphatic carbocycles. The number of fused-ring (bicyclic) bond motifs is 1. The lowest BCUT2D eigenvalue weighted by Gasteiger charge is -2.09. The number of pyridine rings is 1. The van der Waals surface area contributed by atoms with Gasteiger partial charge in [-0.3, -0.25) is 18.8 Å². The van der Waals surface area contributed by atoms with Gasteiger partial charge in [0.1, 0.15) is 24.5 Å². The van der Waals surface area contributed by atoms with Gasteiger partial charge in [0.25, 0.3) is 11.5 Å². The van der Waals surface area contributed by atoms with Crippen LogP contribution >= 0.6 is 0 Å². The van der Waals surface area contributed by atoms with Crippen molar-refractivity contribution >= 4 is 17.5 Å². The molecule has 0 radical (unpaired) electrons. The topological polar surface area (TPSA) is 99.0 Å². The van der Waals surface area contributed by atoms with Crippen LogP contribution in [0, 0.1) is 6.92 Å². The summed E-state index contributed by atoms with van der Waals surface area (Å²) in [5.74, 6) is -0.326. The van der Waals surface area contributed by atoms with E-state index in [1.165, 1.54) is 10.5 Å². The number of benzene rings is 1. The summed E-state index contributed by atoms with van der Waals surface area (Å²) in [7, 11) is 0. The summed E-state index contributed by atoms with van der Waals surface area (Å²) in [5.41, 5.74) is 1.85. The number of ether oxygens (including phenoxy) is 2. The number of hydrogen-bond acceptors (Lipinski definition) is 6. The third-order valence-corrected chi connectivity index (χ3v) is 4.60. The molecule has 0 bridgehead atoms. The van der Waals surface area contributed by atoms with Crippen molar-refractivity contribution in [2.24, 2.45) is 0 Å². The fourth-order valence-electron chi connectivity index (χ4n) is 2.88. The minimum Gasteiger partial charge on any atom is -0.494 e. The van der Waals surface area contributed by atoms with Crippen molar-refractivity contribution < 1.29 is 19.1 Å². The number of nitrogens with zero attached hydrogens (tertiary/aromatic N) is 2. The average Bonchev–Trinajstić information content (AvgIpc) is 2.77. The van der Waals surface area contributed by atoms with E-state index in [2.05, 4.69) is 17.2 Å². The Morgan fingerprint density at radius 1 is 1.16 bits per heavy atom. The van der Waals surface area contributed by atoms with Gasteiger partial charge in [0, 0.05) is 17.8 Å². The number of carbonyl (C=O) groups is 2. The molecule has 0 spiro atoms. The van der Waals surface area contributed by atoms with Gasteiger partial charge in [0.2, 0.25) is 0 Å². The molecule has 2 aromatic heterocycles. The highest BCUT2D eigenvalue weighted by molar-refractivity contribution is 5.96. The van der Waals surface area contributed by atoms with Crippen LogP contribution in [0.25, 0.3) is 5.65 Å². The van der Waals surface area contributed by atoms with Gasteiger partial charge in [0.15, 0.2) is 0 Å². The second-order valence-corrected chi connectivity index (χ2v) is 7.04. The first-order valence-corrected chi connectivity index (χ1v) is 10.1. The molecule has 1 N–H and O–H groups in total. The van der Waals surface area contributed by atoms with E-state index in [0.717, 1.165) is 18.4 Å². The Morgan fingerprint density at radius 3 is 2.68 bits per heavy atom. The van der Waals surface area contributed by atoms with E-state index < -0.39 is 11.9 Å². The van der Waals surface area contributed by atoms with E-state index in [1.54, 1.807) is 36.5 Å². The van der Waals surface area contributed by atoms with E-state index >= 15 is 0 Å². The summed E-state index contributed by atoms with van der Waals surface area (Å²) in [5, 5.41) is 2.52. The van der Waals surface area contributed by atoms with Crippen molar-refractivity contribution in [3.63, 3.8) is 0 Å². The second kappa shape index (κ2) is 10.4. The lowest BCUT2D eigenvalue weighted by atomic mass is 10.2. The minimum atomic E-state index is -0.625. The fraction of sp³-hybridized carbons (Fsp3) is 0.304. The molecule has 8 nitrogen and oxygen atoms in total. The zero-order valence-corrected chi connectivity index (χ0v) is 17.6. The van der Waals surface area contributed by atoms with E-state index in [1.807, 2.05) is 13.0 Å². The first-order chi connectivity index (χ1) is 15.0. The highest BCUT2D eigenvalue weighted by atomic mass is 16.5. The Bertz CT molecular complexity index is 1120. The predicted octanol–water partition coefficient (Wildman–Crippen LogP) is 2.66. The third kappa shape index (κ3) is 5.91. The summed E-state index contributed by atoms with van der Waals surface area (Å²) in [4.78, 5) is 40.8. The average molecular weight is 423 g/mol. The maximum Gasteiger partial charge on any atom is 0.325 e. The van der Waals surface area contributed by atoms with Crippen molar-refractivity contribution in [3.8, 4) is 5.75 Å². The zero-order valence-electron chi connectivity index (χ0n) is 17.6. The maximum absolute atomic E-state index is 12.2. The SMILES string of the molecule is CCCCOc1ccc(C(=O)NCC(=O)OCc2cc(=O)n3cccc(C)c3n2)cc1. The van der Waals surface area contributed by atoms with Crippen molar-refractivity contribution in [2.75, 3.05) is 13.2 Å². The van der Waals surface area contributed by atoms with Crippen LogP contribution in [0.2, 0.25) is 0 Å². The quantitative estimate of drug-likeness (QED) is 0.420. The molecule has 0 aliphatic heterocycles. The van der Waals surface area contributed by atoms with Gasteiger partial charge in [0.05, 0.1) is 12.3 Å². The predicted molar refractivity (Wildman–Crippen MR) is 115 cm³/mol. The molecule has 0 fully saturated rings. The molecule has 1 aromatic carbocycles. The third-order valence-electron chi connectivity index (χ3n) is 4.60. The summed E-state index contributed by atoms with van der Waals surface area (Å²) >= 11 is 0. The highest BCUT2D eigenvalue weighted by Crippen LogP contribution is 2.12. The number of amides is 1. The number of esters is 1. The second-order valence-electron chi connectivity index (χ2n) is 7.04. The van der Waals surface area contributed by atoms with Crippen molar-refractivity contribution in [2.45, 2.75) is 33.3 Å². The maximum atomic E-state index is 12.2. The fourth-order valence-corrected chi connectivity index (χ4v) is 2.88. The molecule has 0 atom stereocenters. The molecular formula is C23H25N3O5. The number of unbranched alkanes of at least 4 members (excludes halogenated alkanes) is 1. The van der Waals surface area contributed by atoms with Crippen LogP contribution in [0.4, 0.5) is 0 Å². The van der Waals surface area contributed by atoms with Crippen LogP contribution in [-0.2, 0) is 16.1 Å². The summed E-state index contributed by atoms with van der Waals surface area (Å²) in [6, 6.07) is 11.6. The molecule has 162 valence electrons. The van der Waals surface area contributed by atoms with Gasteiger partial charge in [-0.2, -0.15) is 0 Å². The van der Waals surface area contributed by atoms with Crippen LogP contribution in [0.15, 0.2) is 53.5 Å². The highest BCUT2D eigenvalue weighted by Gasteiger charge is 2.11. The molecular weight excluding hydrogens is 398 g/mol. The van der Waals surface area contributed by atoms with E-state index in [4.69, 9.17) is 9.47 Å². The molecule has 0 aliphatic rings. The van der Waals surface area contributed by atoms with Crippen LogP contribution in [0.3, 0.4) is 0 Å². The lowest BCUT2D eigenvalue weighted by Crippen LogP contribution is -2.30. The minimum absolute atomic E-state index is 0.154. The van der Waals surface area contributed by atoms with Gasteiger partial charge in [-0.1, -0.05) is 19.4 Å². The van der Waals surface area contributed by atoms with Crippen LogP contribution in [0.1, 0.15) is 41.4 Å². The number of aromatic nitrogens is 2. The first-order valence-electron chi connectivity index (χ1n) is 10.1. The van der Waals surface area contributed by atoms with Crippen molar-refractivity contribution in [1.29, 1.82) is 0 Å².